The maximum atomic E-state index is 13.0. The highest BCUT2D eigenvalue weighted by Gasteiger charge is 2.20. The Morgan fingerprint density at radius 3 is 2.63 bits per heavy atom. The zero-order chi connectivity index (χ0) is 21.7. The van der Waals surface area contributed by atoms with Crippen LogP contribution in [0.5, 0.6) is 11.5 Å². The minimum atomic E-state index is -0.300. The van der Waals surface area contributed by atoms with Crippen molar-refractivity contribution in [3.8, 4) is 11.5 Å². The number of aryl methyl sites for hydroxylation is 3. The molecule has 2 aromatic heterocycles. The predicted octanol–water partition coefficient (Wildman–Crippen LogP) is 3.15. The number of rotatable bonds is 8. The van der Waals surface area contributed by atoms with E-state index in [1.165, 1.54) is 16.2 Å². The maximum Gasteiger partial charge on any atom is 0.263 e. The van der Waals surface area contributed by atoms with Crippen molar-refractivity contribution in [3.63, 3.8) is 0 Å². The number of carbonyl (C=O) groups is 1. The van der Waals surface area contributed by atoms with Crippen molar-refractivity contribution < 1.29 is 14.3 Å². The number of aromatic nitrogens is 2. The third-order valence-corrected chi connectivity index (χ3v) is 5.54. The monoisotopic (exact) mass is 427 g/mol. The molecule has 0 fully saturated rings. The number of nitrogens with zero attached hydrogens (tertiary/aromatic N) is 3. The van der Waals surface area contributed by atoms with Gasteiger partial charge in [-0.3, -0.25) is 9.59 Å². The number of thiazole rings is 1. The Balaban J connectivity index is 1.79. The molecule has 8 heteroatoms. The number of pyridine rings is 1. The van der Waals surface area contributed by atoms with E-state index in [1.807, 2.05) is 23.6 Å². The zero-order valence-electron chi connectivity index (χ0n) is 17.5. The average Bonchev–Trinajstić information content (AvgIpc) is 3.25. The number of hydrogen-bond donors (Lipinski definition) is 0. The molecule has 3 rings (SSSR count). The van der Waals surface area contributed by atoms with Gasteiger partial charge in [0, 0.05) is 25.2 Å². The van der Waals surface area contributed by atoms with Crippen LogP contribution in [0.2, 0.25) is 0 Å². The number of methoxy groups -OCH3 is 2. The molecule has 0 radical (unpaired) electrons. The quantitative estimate of drug-likeness (QED) is 0.552. The summed E-state index contributed by atoms with van der Waals surface area (Å²) in [6.07, 6.45) is 2.35. The normalized spacial score (nSPS) is 10.7. The highest BCUT2D eigenvalue weighted by molar-refractivity contribution is 7.07. The van der Waals surface area contributed by atoms with E-state index in [4.69, 9.17) is 9.47 Å². The van der Waals surface area contributed by atoms with E-state index in [2.05, 4.69) is 4.98 Å². The molecular formula is C22H25N3O4S. The standard InChI is InChI=1S/C22H25N3O4S/c1-15-7-9-25(10-8-16-5-6-18(28-3)19(11-16)29-4)22(27)20(15)21(26)24(2)12-17-13-30-14-23-17/h5-7,9,11,13-14H,8,10,12H2,1-4H3. The SMILES string of the molecule is COc1ccc(CCn2ccc(C)c(C(=O)N(C)Cc3cscn3)c2=O)cc1OC. The van der Waals surface area contributed by atoms with Gasteiger partial charge >= 0.3 is 0 Å². The molecule has 1 aromatic carbocycles. The van der Waals surface area contributed by atoms with E-state index in [0.29, 0.717) is 36.6 Å². The molecule has 0 atom stereocenters. The van der Waals surface area contributed by atoms with Crippen LogP contribution >= 0.6 is 11.3 Å². The molecule has 0 spiro atoms. The second-order valence-corrected chi connectivity index (χ2v) is 7.67. The van der Waals surface area contributed by atoms with E-state index in [1.54, 1.807) is 50.5 Å². The van der Waals surface area contributed by atoms with Gasteiger partial charge in [0.25, 0.3) is 11.5 Å². The van der Waals surface area contributed by atoms with E-state index in [9.17, 15) is 9.59 Å². The first-order valence-corrected chi connectivity index (χ1v) is 10.4. The summed E-state index contributed by atoms with van der Waals surface area (Å²) in [4.78, 5) is 31.7. The van der Waals surface area contributed by atoms with Crippen molar-refractivity contribution >= 4 is 17.2 Å². The smallest absolute Gasteiger partial charge is 0.263 e. The summed E-state index contributed by atoms with van der Waals surface area (Å²) < 4.78 is 12.2. The lowest BCUT2D eigenvalue weighted by Crippen LogP contribution is -2.35. The number of carbonyl (C=O) groups excluding carboxylic acids is 1. The van der Waals surface area contributed by atoms with Crippen LogP contribution < -0.4 is 15.0 Å². The Morgan fingerprint density at radius 2 is 1.97 bits per heavy atom. The topological polar surface area (TPSA) is 73.7 Å². The molecule has 0 saturated carbocycles. The molecule has 1 amide bonds. The predicted molar refractivity (Wildman–Crippen MR) is 117 cm³/mol. The van der Waals surface area contributed by atoms with Gasteiger partial charge < -0.3 is 18.9 Å². The summed E-state index contributed by atoms with van der Waals surface area (Å²) in [6.45, 7) is 2.59. The molecule has 0 saturated heterocycles. The first-order valence-electron chi connectivity index (χ1n) is 9.48. The van der Waals surface area contributed by atoms with Gasteiger partial charge in [0.1, 0.15) is 5.56 Å². The Hall–Kier alpha value is -3.13. The largest absolute Gasteiger partial charge is 0.493 e. The van der Waals surface area contributed by atoms with Crippen molar-refractivity contribution in [3.05, 3.63) is 74.1 Å². The van der Waals surface area contributed by atoms with Crippen molar-refractivity contribution in [1.82, 2.24) is 14.5 Å². The van der Waals surface area contributed by atoms with Crippen LogP contribution in [0, 0.1) is 6.92 Å². The van der Waals surface area contributed by atoms with Gasteiger partial charge in [0.05, 0.1) is 32.0 Å². The Bertz CT molecular complexity index is 1080. The van der Waals surface area contributed by atoms with E-state index >= 15 is 0 Å². The van der Waals surface area contributed by atoms with Gasteiger partial charge in [-0.1, -0.05) is 6.07 Å². The lowest BCUT2D eigenvalue weighted by atomic mass is 10.1. The van der Waals surface area contributed by atoms with Gasteiger partial charge in [-0.15, -0.1) is 11.3 Å². The molecule has 3 aromatic rings. The van der Waals surface area contributed by atoms with Crippen LogP contribution in [0.25, 0.3) is 0 Å². The van der Waals surface area contributed by atoms with Crippen LogP contribution in [0.15, 0.2) is 46.1 Å². The third-order valence-electron chi connectivity index (χ3n) is 4.91. The molecule has 2 heterocycles. The maximum absolute atomic E-state index is 13.0. The number of amides is 1. The Kier molecular flexibility index (Phi) is 6.89. The van der Waals surface area contributed by atoms with E-state index in [-0.39, 0.29) is 17.0 Å². The van der Waals surface area contributed by atoms with Crippen LogP contribution in [-0.4, -0.2) is 41.6 Å². The van der Waals surface area contributed by atoms with Gasteiger partial charge in [-0.25, -0.2) is 4.98 Å². The fraction of sp³-hybridized carbons (Fsp3) is 0.318. The lowest BCUT2D eigenvalue weighted by Gasteiger charge is -2.18. The average molecular weight is 428 g/mol. The summed E-state index contributed by atoms with van der Waals surface area (Å²) in [6, 6.07) is 7.48. The van der Waals surface area contributed by atoms with Crippen LogP contribution in [0.3, 0.4) is 0 Å². The molecular weight excluding hydrogens is 402 g/mol. The fourth-order valence-electron chi connectivity index (χ4n) is 3.21. The molecule has 0 aliphatic carbocycles. The molecule has 0 aliphatic heterocycles. The number of hydrogen-bond acceptors (Lipinski definition) is 6. The lowest BCUT2D eigenvalue weighted by molar-refractivity contribution is 0.0780. The Morgan fingerprint density at radius 1 is 1.20 bits per heavy atom. The second-order valence-electron chi connectivity index (χ2n) is 6.95. The van der Waals surface area contributed by atoms with Gasteiger partial charge in [0.15, 0.2) is 11.5 Å². The van der Waals surface area contributed by atoms with Crippen LogP contribution in [0.4, 0.5) is 0 Å². The van der Waals surface area contributed by atoms with Crippen molar-refractivity contribution in [2.75, 3.05) is 21.3 Å². The van der Waals surface area contributed by atoms with Gasteiger partial charge in [0.2, 0.25) is 0 Å². The summed E-state index contributed by atoms with van der Waals surface area (Å²) in [5, 5.41) is 1.89. The summed E-state index contributed by atoms with van der Waals surface area (Å²) in [5.41, 5.74) is 4.11. The Labute approximate surface area is 179 Å². The van der Waals surface area contributed by atoms with Gasteiger partial charge in [-0.05, 0) is 42.7 Å². The minimum absolute atomic E-state index is 0.197. The van der Waals surface area contributed by atoms with Crippen LogP contribution in [0.1, 0.15) is 27.2 Å². The molecule has 0 unspecified atom stereocenters. The van der Waals surface area contributed by atoms with Crippen molar-refractivity contribution in [1.29, 1.82) is 0 Å². The second kappa shape index (κ2) is 9.58. The third kappa shape index (κ3) is 4.71. The molecule has 0 N–H and O–H groups in total. The highest BCUT2D eigenvalue weighted by Crippen LogP contribution is 2.27. The molecule has 158 valence electrons. The zero-order valence-corrected chi connectivity index (χ0v) is 18.4. The van der Waals surface area contributed by atoms with E-state index in [0.717, 1.165) is 11.3 Å². The van der Waals surface area contributed by atoms with Crippen molar-refractivity contribution in [2.24, 2.45) is 0 Å². The summed E-state index contributed by atoms with van der Waals surface area (Å²) >= 11 is 1.48. The summed E-state index contributed by atoms with van der Waals surface area (Å²) in [5.74, 6) is 1.00. The fourth-order valence-corrected chi connectivity index (χ4v) is 3.76. The first kappa shape index (κ1) is 21.6. The molecule has 7 nitrogen and oxygen atoms in total. The molecule has 0 bridgehead atoms. The van der Waals surface area contributed by atoms with Crippen LogP contribution in [-0.2, 0) is 19.5 Å². The van der Waals surface area contributed by atoms with E-state index < -0.39 is 0 Å². The number of ether oxygens (including phenoxy) is 2. The molecule has 0 aliphatic rings. The molecule has 30 heavy (non-hydrogen) atoms. The summed E-state index contributed by atoms with van der Waals surface area (Å²) in [7, 11) is 4.86. The first-order chi connectivity index (χ1) is 14.4. The highest BCUT2D eigenvalue weighted by atomic mass is 32.1. The minimum Gasteiger partial charge on any atom is -0.493 e. The number of benzene rings is 1. The van der Waals surface area contributed by atoms with Crippen molar-refractivity contribution in [2.45, 2.75) is 26.4 Å². The van der Waals surface area contributed by atoms with Gasteiger partial charge in [-0.2, -0.15) is 0 Å².